The number of nitrogens with zero attached hydrogens (tertiary/aromatic N) is 3. The lowest BCUT2D eigenvalue weighted by molar-refractivity contribution is -0.111. The summed E-state index contributed by atoms with van der Waals surface area (Å²) in [4.78, 5) is 11.4. The number of carbonyl (C=O) groups excluding carboxylic acids is 1. The number of aryl methyl sites for hydroxylation is 1. The second-order valence-corrected chi connectivity index (χ2v) is 3.24. The van der Waals surface area contributed by atoms with Crippen molar-refractivity contribution in [3.8, 4) is 0 Å². The maximum absolute atomic E-state index is 11.4. The average Bonchev–Trinajstić information content (AvgIpc) is 2.87. The van der Waals surface area contributed by atoms with Crippen LogP contribution in [0.2, 0.25) is 0 Å². The third-order valence-corrected chi connectivity index (χ3v) is 1.91. The van der Waals surface area contributed by atoms with E-state index in [-0.39, 0.29) is 5.91 Å². The molecule has 0 aliphatic rings. The van der Waals surface area contributed by atoms with Crippen LogP contribution in [0.1, 0.15) is 5.56 Å². The number of hydrogen-bond donors (Lipinski definition) is 2. The van der Waals surface area contributed by atoms with Gasteiger partial charge in [-0.25, -0.2) is 0 Å². The van der Waals surface area contributed by atoms with E-state index >= 15 is 0 Å². The molecule has 0 saturated heterocycles. The highest BCUT2D eigenvalue weighted by molar-refractivity contribution is 6.01. The van der Waals surface area contributed by atoms with Crippen LogP contribution in [0, 0.1) is 0 Å². The summed E-state index contributed by atoms with van der Waals surface area (Å²) in [6, 6.07) is 1.68. The third kappa shape index (κ3) is 2.57. The minimum absolute atomic E-state index is 0.215. The molecule has 2 N–H and O–H groups in total. The largest absolute Gasteiger partial charge is 0.307 e. The molecule has 0 bridgehead atoms. The fourth-order valence-corrected chi connectivity index (χ4v) is 1.20. The van der Waals surface area contributed by atoms with E-state index in [9.17, 15) is 4.79 Å². The minimum atomic E-state index is -0.215. The summed E-state index contributed by atoms with van der Waals surface area (Å²) in [5.74, 6) is 0.355. The summed E-state index contributed by atoms with van der Waals surface area (Å²) in [6.07, 6.45) is 8.21. The molecule has 1 amide bonds. The van der Waals surface area contributed by atoms with E-state index in [4.69, 9.17) is 0 Å². The predicted octanol–water partition coefficient (Wildman–Crippen LogP) is 0.795. The first-order valence-corrected chi connectivity index (χ1v) is 4.71. The van der Waals surface area contributed by atoms with Crippen molar-refractivity contribution in [2.75, 3.05) is 5.32 Å². The lowest BCUT2D eigenvalue weighted by atomic mass is 10.3. The molecule has 0 aromatic carbocycles. The van der Waals surface area contributed by atoms with Crippen LogP contribution in [0.3, 0.4) is 0 Å². The Labute approximate surface area is 92.0 Å². The summed E-state index contributed by atoms with van der Waals surface area (Å²) in [5, 5.41) is 13.0. The number of nitrogens with one attached hydrogen (secondary N) is 2. The van der Waals surface area contributed by atoms with Crippen LogP contribution >= 0.6 is 0 Å². The number of hydrogen-bond acceptors (Lipinski definition) is 3. The molecule has 0 aliphatic carbocycles. The standard InChI is InChI=1S/C10H11N5O/c1-15-7-8(6-12-15)2-3-10(16)13-9-4-5-11-14-9/h2-7H,1H3,(H2,11,13,14,16). The molecule has 0 radical (unpaired) electrons. The minimum Gasteiger partial charge on any atom is -0.307 e. The first kappa shape index (κ1) is 10.2. The van der Waals surface area contributed by atoms with Crippen molar-refractivity contribution in [2.45, 2.75) is 0 Å². The van der Waals surface area contributed by atoms with E-state index < -0.39 is 0 Å². The van der Waals surface area contributed by atoms with Crippen molar-refractivity contribution >= 4 is 17.8 Å². The Balaban J connectivity index is 1.94. The van der Waals surface area contributed by atoms with Gasteiger partial charge in [0.2, 0.25) is 5.91 Å². The normalized spacial score (nSPS) is 10.8. The van der Waals surface area contributed by atoms with Gasteiger partial charge in [-0.15, -0.1) is 0 Å². The Morgan fingerprint density at radius 2 is 2.50 bits per heavy atom. The Bertz CT molecular complexity index is 497. The van der Waals surface area contributed by atoms with Gasteiger partial charge in [-0.2, -0.15) is 10.2 Å². The van der Waals surface area contributed by atoms with Crippen molar-refractivity contribution < 1.29 is 4.79 Å². The maximum Gasteiger partial charge on any atom is 0.249 e. The Morgan fingerprint density at radius 1 is 1.62 bits per heavy atom. The van der Waals surface area contributed by atoms with Crippen molar-refractivity contribution in [3.63, 3.8) is 0 Å². The first-order chi connectivity index (χ1) is 7.74. The quantitative estimate of drug-likeness (QED) is 0.746. The number of amides is 1. The lowest BCUT2D eigenvalue weighted by Gasteiger charge is -1.95. The van der Waals surface area contributed by atoms with Crippen LogP contribution < -0.4 is 5.32 Å². The molecule has 2 aromatic rings. The summed E-state index contributed by atoms with van der Waals surface area (Å²) in [7, 11) is 1.82. The Kier molecular flexibility index (Phi) is 2.81. The molecule has 2 aromatic heterocycles. The molecule has 6 heteroatoms. The van der Waals surface area contributed by atoms with E-state index in [1.807, 2.05) is 13.2 Å². The molecule has 16 heavy (non-hydrogen) atoms. The van der Waals surface area contributed by atoms with E-state index in [0.29, 0.717) is 5.82 Å². The molecule has 0 saturated carbocycles. The molecule has 2 heterocycles. The number of aromatic nitrogens is 4. The molecular weight excluding hydrogens is 206 g/mol. The summed E-state index contributed by atoms with van der Waals surface area (Å²) >= 11 is 0. The Hall–Kier alpha value is -2.37. The number of anilines is 1. The average molecular weight is 217 g/mol. The zero-order valence-corrected chi connectivity index (χ0v) is 8.71. The maximum atomic E-state index is 11.4. The lowest BCUT2D eigenvalue weighted by Crippen LogP contribution is -2.07. The van der Waals surface area contributed by atoms with Crippen molar-refractivity contribution in [1.29, 1.82) is 0 Å². The summed E-state index contributed by atoms with van der Waals surface area (Å²) in [6.45, 7) is 0. The molecule has 82 valence electrons. The second-order valence-electron chi connectivity index (χ2n) is 3.24. The molecule has 2 rings (SSSR count). The molecule has 0 aliphatic heterocycles. The van der Waals surface area contributed by atoms with Crippen molar-refractivity contribution in [3.05, 3.63) is 36.3 Å². The SMILES string of the molecule is Cn1cc(C=CC(=O)Nc2ccn[nH]2)cn1. The van der Waals surface area contributed by atoms with E-state index in [1.165, 1.54) is 6.08 Å². The predicted molar refractivity (Wildman–Crippen MR) is 59.5 cm³/mol. The van der Waals surface area contributed by atoms with Gasteiger partial charge >= 0.3 is 0 Å². The van der Waals surface area contributed by atoms with Gasteiger partial charge in [0.05, 0.1) is 12.4 Å². The van der Waals surface area contributed by atoms with Crippen LogP contribution in [0.15, 0.2) is 30.7 Å². The van der Waals surface area contributed by atoms with Gasteiger partial charge < -0.3 is 5.32 Å². The molecule has 0 atom stereocenters. The highest BCUT2D eigenvalue weighted by Crippen LogP contribution is 2.01. The van der Waals surface area contributed by atoms with Crippen LogP contribution in [-0.2, 0) is 11.8 Å². The highest BCUT2D eigenvalue weighted by atomic mass is 16.1. The van der Waals surface area contributed by atoms with Crippen LogP contribution in [-0.4, -0.2) is 25.9 Å². The molecule has 6 nitrogen and oxygen atoms in total. The monoisotopic (exact) mass is 217 g/mol. The van der Waals surface area contributed by atoms with Gasteiger partial charge in [0.1, 0.15) is 5.82 Å². The summed E-state index contributed by atoms with van der Waals surface area (Å²) < 4.78 is 1.67. The molecule has 0 fully saturated rings. The highest BCUT2D eigenvalue weighted by Gasteiger charge is 1.98. The van der Waals surface area contributed by atoms with Crippen LogP contribution in [0.5, 0.6) is 0 Å². The Morgan fingerprint density at radius 3 is 3.12 bits per heavy atom. The molecule has 0 unspecified atom stereocenters. The van der Waals surface area contributed by atoms with Crippen molar-refractivity contribution in [2.24, 2.45) is 7.05 Å². The second kappa shape index (κ2) is 4.43. The van der Waals surface area contributed by atoms with Gasteiger partial charge in [0, 0.05) is 31.0 Å². The first-order valence-electron chi connectivity index (χ1n) is 4.71. The smallest absolute Gasteiger partial charge is 0.249 e. The van der Waals surface area contributed by atoms with E-state index in [1.54, 1.807) is 29.2 Å². The fourth-order valence-electron chi connectivity index (χ4n) is 1.20. The molecule has 0 spiro atoms. The number of rotatable bonds is 3. The topological polar surface area (TPSA) is 75.6 Å². The zero-order chi connectivity index (χ0) is 11.4. The third-order valence-electron chi connectivity index (χ3n) is 1.91. The van der Waals surface area contributed by atoms with Gasteiger partial charge in [-0.1, -0.05) is 0 Å². The van der Waals surface area contributed by atoms with Gasteiger partial charge in [0.15, 0.2) is 0 Å². The van der Waals surface area contributed by atoms with Gasteiger partial charge in [-0.3, -0.25) is 14.6 Å². The number of H-pyrrole nitrogens is 1. The van der Waals surface area contributed by atoms with E-state index in [0.717, 1.165) is 5.56 Å². The molecular formula is C10H11N5O. The van der Waals surface area contributed by atoms with Crippen LogP contribution in [0.4, 0.5) is 5.82 Å². The van der Waals surface area contributed by atoms with E-state index in [2.05, 4.69) is 20.6 Å². The number of aromatic amines is 1. The van der Waals surface area contributed by atoms with Crippen LogP contribution in [0.25, 0.3) is 6.08 Å². The van der Waals surface area contributed by atoms with Gasteiger partial charge in [0.25, 0.3) is 0 Å². The fraction of sp³-hybridized carbons (Fsp3) is 0.100. The summed E-state index contributed by atoms with van der Waals surface area (Å²) in [5.41, 5.74) is 0.877. The zero-order valence-electron chi connectivity index (χ0n) is 8.71. The number of carbonyl (C=O) groups is 1. The van der Waals surface area contributed by atoms with Crippen molar-refractivity contribution in [1.82, 2.24) is 20.0 Å². The van der Waals surface area contributed by atoms with Gasteiger partial charge in [-0.05, 0) is 6.08 Å².